The second kappa shape index (κ2) is 10.6. The molecular weight excluding hydrogens is 470 g/mol. The molecule has 194 valence electrons. The zero-order chi connectivity index (χ0) is 26.6. The number of amides is 1. The summed E-state index contributed by atoms with van der Waals surface area (Å²) in [6.07, 6.45) is 2.70. The van der Waals surface area contributed by atoms with Crippen molar-refractivity contribution in [3.05, 3.63) is 77.5 Å². The maximum atomic E-state index is 11.1. The van der Waals surface area contributed by atoms with Crippen molar-refractivity contribution in [3.8, 4) is 17.4 Å². The lowest BCUT2D eigenvalue weighted by Gasteiger charge is -2.39. The van der Waals surface area contributed by atoms with Gasteiger partial charge in [-0.2, -0.15) is 0 Å². The molecule has 0 bridgehead atoms. The summed E-state index contributed by atoms with van der Waals surface area (Å²) in [6.45, 7) is 8.12. The van der Waals surface area contributed by atoms with Crippen LogP contribution in [0.15, 0.2) is 60.7 Å². The molecule has 1 fully saturated rings. The summed E-state index contributed by atoms with van der Waals surface area (Å²) < 4.78 is 17.1. The number of nitrogens with zero attached hydrogens (tertiary/aromatic N) is 2. The van der Waals surface area contributed by atoms with Gasteiger partial charge >= 0.3 is 6.09 Å². The molecule has 4 rings (SSSR count). The van der Waals surface area contributed by atoms with E-state index in [1.807, 2.05) is 50.2 Å². The molecule has 0 unspecified atom stereocenters. The normalized spacial score (nSPS) is 17.4. The molecule has 1 aromatic heterocycles. The van der Waals surface area contributed by atoms with Crippen molar-refractivity contribution in [1.82, 2.24) is 10.2 Å². The lowest BCUT2D eigenvalue weighted by atomic mass is 9.76. The van der Waals surface area contributed by atoms with E-state index in [0.717, 1.165) is 30.6 Å². The first-order valence-corrected chi connectivity index (χ1v) is 12.4. The minimum atomic E-state index is -0.735. The Morgan fingerprint density at radius 2 is 1.51 bits per heavy atom. The fourth-order valence-corrected chi connectivity index (χ4v) is 4.76. The second-order valence-corrected chi connectivity index (χ2v) is 10.7. The van der Waals surface area contributed by atoms with E-state index in [1.165, 1.54) is 5.56 Å². The molecular formula is C29H33N3O5. The Labute approximate surface area is 217 Å². The van der Waals surface area contributed by atoms with E-state index in [1.54, 1.807) is 12.1 Å². The molecule has 0 aliphatic heterocycles. The number of hydrogen-bond acceptors (Lipinski definition) is 7. The SMILES string of the molecule is CC(C)(CC1CC(Oc2ccc(C(C)(C)c3ccc(Oc4ccc(C=O)nn4)cc3)cc2)C1)OC(N)=O. The average Bonchev–Trinajstić information content (AvgIpc) is 2.83. The number of nitrogens with two attached hydrogens (primary N) is 1. The summed E-state index contributed by atoms with van der Waals surface area (Å²) in [6, 6.07) is 19.3. The summed E-state index contributed by atoms with van der Waals surface area (Å²) in [5, 5.41) is 7.67. The first-order valence-electron chi connectivity index (χ1n) is 12.4. The number of carbonyl (C=O) groups is 2. The summed E-state index contributed by atoms with van der Waals surface area (Å²) in [5.74, 6) is 2.27. The van der Waals surface area contributed by atoms with Crippen LogP contribution in [0, 0.1) is 5.92 Å². The highest BCUT2D eigenvalue weighted by atomic mass is 16.6. The largest absolute Gasteiger partial charge is 0.490 e. The molecule has 1 saturated carbocycles. The van der Waals surface area contributed by atoms with Crippen molar-refractivity contribution in [3.63, 3.8) is 0 Å². The maximum absolute atomic E-state index is 11.1. The topological polar surface area (TPSA) is 114 Å². The molecule has 0 radical (unpaired) electrons. The number of hydrogen-bond donors (Lipinski definition) is 1. The van der Waals surface area contributed by atoms with Gasteiger partial charge in [-0.1, -0.05) is 38.1 Å². The highest BCUT2D eigenvalue weighted by Gasteiger charge is 2.36. The van der Waals surface area contributed by atoms with Crippen LogP contribution in [0.3, 0.4) is 0 Å². The van der Waals surface area contributed by atoms with Crippen LogP contribution in [-0.2, 0) is 10.2 Å². The Morgan fingerprint density at radius 3 is 2.03 bits per heavy atom. The van der Waals surface area contributed by atoms with Crippen LogP contribution >= 0.6 is 0 Å². The molecule has 3 aromatic rings. The zero-order valence-corrected chi connectivity index (χ0v) is 21.6. The molecule has 8 heteroatoms. The van der Waals surface area contributed by atoms with E-state index in [9.17, 15) is 9.59 Å². The van der Waals surface area contributed by atoms with Crippen LogP contribution < -0.4 is 15.2 Å². The minimum Gasteiger partial charge on any atom is -0.490 e. The molecule has 2 N–H and O–H groups in total. The van der Waals surface area contributed by atoms with Gasteiger partial charge in [-0.3, -0.25) is 4.79 Å². The van der Waals surface area contributed by atoms with E-state index < -0.39 is 11.7 Å². The lowest BCUT2D eigenvalue weighted by Crippen LogP contribution is -2.40. The Kier molecular flexibility index (Phi) is 7.47. The average molecular weight is 504 g/mol. The van der Waals surface area contributed by atoms with Crippen LogP contribution in [0.2, 0.25) is 0 Å². The van der Waals surface area contributed by atoms with Crippen molar-refractivity contribution in [1.29, 1.82) is 0 Å². The Bertz CT molecular complexity index is 1220. The van der Waals surface area contributed by atoms with Gasteiger partial charge in [0.1, 0.15) is 22.8 Å². The first kappa shape index (κ1) is 26.1. The van der Waals surface area contributed by atoms with Crippen molar-refractivity contribution < 1.29 is 23.8 Å². The fraction of sp³-hybridized carbons (Fsp3) is 0.379. The number of rotatable bonds is 10. The van der Waals surface area contributed by atoms with Crippen molar-refractivity contribution in [2.75, 3.05) is 0 Å². The molecule has 2 aromatic carbocycles. The Hall–Kier alpha value is -3.94. The van der Waals surface area contributed by atoms with E-state index >= 15 is 0 Å². The molecule has 1 aliphatic carbocycles. The number of ether oxygens (including phenoxy) is 3. The summed E-state index contributed by atoms with van der Waals surface area (Å²) in [7, 11) is 0. The first-order chi connectivity index (χ1) is 17.5. The van der Waals surface area contributed by atoms with Gasteiger partial charge in [0.15, 0.2) is 6.29 Å². The predicted octanol–water partition coefficient (Wildman–Crippen LogP) is 5.83. The van der Waals surface area contributed by atoms with Crippen molar-refractivity contribution in [2.45, 2.75) is 64.1 Å². The van der Waals surface area contributed by atoms with Crippen molar-refractivity contribution in [2.24, 2.45) is 11.7 Å². The molecule has 1 amide bonds. The molecule has 0 atom stereocenters. The van der Waals surface area contributed by atoms with Gasteiger partial charge in [0.2, 0.25) is 5.88 Å². The van der Waals surface area contributed by atoms with E-state index in [0.29, 0.717) is 23.8 Å². The van der Waals surface area contributed by atoms with Gasteiger partial charge in [0.25, 0.3) is 0 Å². The number of benzene rings is 2. The van der Waals surface area contributed by atoms with Crippen LogP contribution in [0.4, 0.5) is 4.79 Å². The molecule has 8 nitrogen and oxygen atoms in total. The standard InChI is InChI=1S/C29H33N3O5/c1-28(2,37-27(30)34)17-19-15-25(16-19)35-23-10-5-20(6-11-23)29(3,4)21-7-12-24(13-8-21)36-26-14-9-22(18-33)31-32-26/h5-14,18-19,25H,15-17H2,1-4H3,(H2,30,34). The molecule has 0 saturated heterocycles. The molecule has 37 heavy (non-hydrogen) atoms. The van der Waals surface area contributed by atoms with Crippen LogP contribution in [0.1, 0.15) is 68.6 Å². The smallest absolute Gasteiger partial charge is 0.405 e. The molecule has 1 heterocycles. The maximum Gasteiger partial charge on any atom is 0.405 e. The fourth-order valence-electron chi connectivity index (χ4n) is 4.76. The van der Waals surface area contributed by atoms with E-state index in [4.69, 9.17) is 19.9 Å². The van der Waals surface area contributed by atoms with Crippen molar-refractivity contribution >= 4 is 12.4 Å². The monoisotopic (exact) mass is 503 g/mol. The minimum absolute atomic E-state index is 0.167. The lowest BCUT2D eigenvalue weighted by molar-refractivity contribution is -0.0131. The summed E-state index contributed by atoms with van der Waals surface area (Å²) in [5.41, 5.74) is 6.94. The van der Waals surface area contributed by atoms with Gasteiger partial charge < -0.3 is 19.9 Å². The highest BCUT2D eigenvalue weighted by molar-refractivity contribution is 5.71. The number of aromatic nitrogens is 2. The zero-order valence-electron chi connectivity index (χ0n) is 21.6. The Morgan fingerprint density at radius 1 is 0.919 bits per heavy atom. The van der Waals surface area contributed by atoms with Gasteiger partial charge in [0, 0.05) is 11.5 Å². The van der Waals surface area contributed by atoms with E-state index in [-0.39, 0.29) is 17.2 Å². The third-order valence-corrected chi connectivity index (χ3v) is 6.81. The quantitative estimate of drug-likeness (QED) is 0.346. The van der Waals surface area contributed by atoms with Gasteiger partial charge in [-0.05, 0) is 80.5 Å². The second-order valence-electron chi connectivity index (χ2n) is 10.7. The number of carbonyl (C=O) groups excluding carboxylic acids is 2. The molecule has 0 spiro atoms. The number of aldehydes is 1. The highest BCUT2D eigenvalue weighted by Crippen LogP contribution is 2.39. The number of primary amides is 1. The summed E-state index contributed by atoms with van der Waals surface area (Å²) in [4.78, 5) is 21.8. The Balaban J connectivity index is 1.31. The van der Waals surface area contributed by atoms with Gasteiger partial charge in [-0.25, -0.2) is 4.79 Å². The summed E-state index contributed by atoms with van der Waals surface area (Å²) >= 11 is 0. The molecule has 1 aliphatic rings. The van der Waals surface area contributed by atoms with Crippen LogP contribution in [0.25, 0.3) is 0 Å². The van der Waals surface area contributed by atoms with Crippen LogP contribution in [-0.4, -0.2) is 34.3 Å². The van der Waals surface area contributed by atoms with E-state index in [2.05, 4.69) is 36.2 Å². The third-order valence-electron chi connectivity index (χ3n) is 6.81. The van der Waals surface area contributed by atoms with Gasteiger partial charge in [0.05, 0.1) is 6.10 Å². The third kappa shape index (κ3) is 6.64. The van der Waals surface area contributed by atoms with Crippen LogP contribution in [0.5, 0.6) is 17.4 Å². The van der Waals surface area contributed by atoms with Gasteiger partial charge in [-0.15, -0.1) is 10.2 Å². The predicted molar refractivity (Wildman–Crippen MR) is 139 cm³/mol.